The topological polar surface area (TPSA) is 54.0 Å². The second-order valence-corrected chi connectivity index (χ2v) is 3.99. The highest BCUT2D eigenvalue weighted by molar-refractivity contribution is 6.01. The molecule has 0 saturated heterocycles. The molecule has 0 spiro atoms. The van der Waals surface area contributed by atoms with Gasteiger partial charge in [-0.1, -0.05) is 6.58 Å². The van der Waals surface area contributed by atoms with Gasteiger partial charge in [0, 0.05) is 6.07 Å². The number of amides is 1. The number of carbonyl (C=O) groups is 1. The van der Waals surface area contributed by atoms with Gasteiger partial charge in [-0.05, 0) is 24.3 Å². The standard InChI is InChI=1S/C14H10F3N3O/c1-2-13(21)20-14-10(17)5-9(16)6-11(14)19-12-4-3-8(15)7-18-12/h2-7H,1H2,(H,18,19)(H,20,21). The van der Waals surface area contributed by atoms with E-state index in [1.54, 1.807) is 0 Å². The fourth-order valence-corrected chi connectivity index (χ4v) is 1.56. The lowest BCUT2D eigenvalue weighted by Crippen LogP contribution is -2.11. The predicted molar refractivity (Wildman–Crippen MR) is 72.7 cm³/mol. The summed E-state index contributed by atoms with van der Waals surface area (Å²) in [5.74, 6) is -2.85. The van der Waals surface area contributed by atoms with E-state index in [1.807, 2.05) is 0 Å². The number of anilines is 3. The number of rotatable bonds is 4. The van der Waals surface area contributed by atoms with Crippen LogP contribution in [0.1, 0.15) is 0 Å². The van der Waals surface area contributed by atoms with E-state index >= 15 is 0 Å². The Morgan fingerprint density at radius 1 is 1.19 bits per heavy atom. The summed E-state index contributed by atoms with van der Waals surface area (Å²) in [5.41, 5.74) is -0.311. The lowest BCUT2D eigenvalue weighted by Gasteiger charge is -2.13. The number of halogens is 3. The molecule has 0 atom stereocenters. The quantitative estimate of drug-likeness (QED) is 0.850. The molecular formula is C14H10F3N3O. The van der Waals surface area contributed by atoms with Crippen LogP contribution in [-0.4, -0.2) is 10.9 Å². The van der Waals surface area contributed by atoms with E-state index in [4.69, 9.17) is 0 Å². The predicted octanol–water partition coefficient (Wildman–Crippen LogP) is 3.37. The van der Waals surface area contributed by atoms with Gasteiger partial charge in [-0.3, -0.25) is 4.79 Å². The molecule has 0 radical (unpaired) electrons. The van der Waals surface area contributed by atoms with Crippen molar-refractivity contribution in [3.05, 3.63) is 60.6 Å². The highest BCUT2D eigenvalue weighted by Gasteiger charge is 2.13. The first-order chi connectivity index (χ1) is 9.99. The van der Waals surface area contributed by atoms with Crippen molar-refractivity contribution in [1.29, 1.82) is 0 Å². The van der Waals surface area contributed by atoms with Crippen LogP contribution >= 0.6 is 0 Å². The summed E-state index contributed by atoms with van der Waals surface area (Å²) < 4.78 is 39.8. The highest BCUT2D eigenvalue weighted by Crippen LogP contribution is 2.29. The molecule has 0 saturated carbocycles. The van der Waals surface area contributed by atoms with Gasteiger partial charge in [-0.15, -0.1) is 0 Å². The van der Waals surface area contributed by atoms with Crippen LogP contribution in [-0.2, 0) is 4.79 Å². The van der Waals surface area contributed by atoms with Gasteiger partial charge in [-0.25, -0.2) is 18.2 Å². The lowest BCUT2D eigenvalue weighted by molar-refractivity contribution is -0.111. The van der Waals surface area contributed by atoms with Crippen molar-refractivity contribution >= 4 is 23.1 Å². The zero-order chi connectivity index (χ0) is 15.4. The van der Waals surface area contributed by atoms with E-state index in [2.05, 4.69) is 22.2 Å². The number of hydrogen-bond donors (Lipinski definition) is 2. The van der Waals surface area contributed by atoms with Gasteiger partial charge in [0.15, 0.2) is 5.82 Å². The van der Waals surface area contributed by atoms with Gasteiger partial charge >= 0.3 is 0 Å². The Bertz CT molecular complexity index is 687. The van der Waals surface area contributed by atoms with Crippen molar-refractivity contribution in [3.63, 3.8) is 0 Å². The summed E-state index contributed by atoms with van der Waals surface area (Å²) in [7, 11) is 0. The van der Waals surface area contributed by atoms with Gasteiger partial charge in [0.05, 0.1) is 11.9 Å². The summed E-state index contributed by atoms with van der Waals surface area (Å²) in [4.78, 5) is 15.0. The van der Waals surface area contributed by atoms with Crippen molar-refractivity contribution in [1.82, 2.24) is 4.98 Å². The molecule has 1 aromatic heterocycles. The molecule has 0 aliphatic carbocycles. The smallest absolute Gasteiger partial charge is 0.247 e. The molecule has 0 aliphatic rings. The fourth-order valence-electron chi connectivity index (χ4n) is 1.56. The Kier molecular flexibility index (Phi) is 4.22. The molecule has 0 aliphatic heterocycles. The Morgan fingerprint density at radius 3 is 2.57 bits per heavy atom. The molecule has 2 N–H and O–H groups in total. The van der Waals surface area contributed by atoms with Crippen LogP contribution < -0.4 is 10.6 Å². The maximum atomic E-state index is 13.8. The van der Waals surface area contributed by atoms with Crippen LogP contribution in [0.25, 0.3) is 0 Å². The van der Waals surface area contributed by atoms with Gasteiger partial charge in [0.2, 0.25) is 5.91 Å². The van der Waals surface area contributed by atoms with Crippen LogP contribution in [0.2, 0.25) is 0 Å². The maximum absolute atomic E-state index is 13.8. The number of benzene rings is 1. The van der Waals surface area contributed by atoms with E-state index in [0.29, 0.717) is 6.07 Å². The molecule has 1 amide bonds. The Hall–Kier alpha value is -2.83. The van der Waals surface area contributed by atoms with E-state index in [0.717, 1.165) is 24.4 Å². The molecule has 2 aromatic rings. The minimum atomic E-state index is -0.963. The van der Waals surface area contributed by atoms with Gasteiger partial charge in [0.1, 0.15) is 23.1 Å². The van der Waals surface area contributed by atoms with Crippen LogP contribution in [0.4, 0.5) is 30.4 Å². The van der Waals surface area contributed by atoms with Crippen LogP contribution in [0.5, 0.6) is 0 Å². The molecule has 21 heavy (non-hydrogen) atoms. The fraction of sp³-hybridized carbons (Fsp3) is 0. The highest BCUT2D eigenvalue weighted by atomic mass is 19.1. The number of hydrogen-bond acceptors (Lipinski definition) is 3. The third kappa shape index (κ3) is 3.59. The molecular weight excluding hydrogens is 283 g/mol. The molecule has 1 aromatic carbocycles. The Labute approximate surface area is 118 Å². The second-order valence-electron chi connectivity index (χ2n) is 3.99. The van der Waals surface area contributed by atoms with Crippen molar-refractivity contribution in [2.45, 2.75) is 0 Å². The minimum Gasteiger partial charge on any atom is -0.338 e. The van der Waals surface area contributed by atoms with Crippen LogP contribution in [0.15, 0.2) is 43.1 Å². The first-order valence-electron chi connectivity index (χ1n) is 5.80. The van der Waals surface area contributed by atoms with Crippen molar-refractivity contribution in [3.8, 4) is 0 Å². The molecule has 7 heteroatoms. The Balaban J connectivity index is 2.38. The van der Waals surface area contributed by atoms with E-state index in [-0.39, 0.29) is 17.2 Å². The molecule has 0 bridgehead atoms. The molecule has 1 heterocycles. The van der Waals surface area contributed by atoms with E-state index in [1.165, 1.54) is 6.07 Å². The summed E-state index contributed by atoms with van der Waals surface area (Å²) >= 11 is 0. The lowest BCUT2D eigenvalue weighted by atomic mass is 10.2. The number of carbonyl (C=O) groups excluding carboxylic acids is 1. The zero-order valence-electron chi connectivity index (χ0n) is 10.7. The van der Waals surface area contributed by atoms with Crippen molar-refractivity contribution in [2.24, 2.45) is 0 Å². The number of nitrogens with zero attached hydrogens (tertiary/aromatic N) is 1. The van der Waals surface area contributed by atoms with Gasteiger partial charge < -0.3 is 10.6 Å². The molecule has 0 unspecified atom stereocenters. The molecule has 108 valence electrons. The summed E-state index contributed by atoms with van der Waals surface area (Å²) in [6.07, 6.45) is 1.89. The summed E-state index contributed by atoms with van der Waals surface area (Å²) in [6, 6.07) is 4.03. The largest absolute Gasteiger partial charge is 0.338 e. The summed E-state index contributed by atoms with van der Waals surface area (Å²) in [5, 5.41) is 4.83. The number of pyridine rings is 1. The summed E-state index contributed by atoms with van der Waals surface area (Å²) in [6.45, 7) is 3.24. The average Bonchev–Trinajstić information content (AvgIpc) is 2.44. The first kappa shape index (κ1) is 14.6. The molecule has 0 fully saturated rings. The molecule has 2 rings (SSSR count). The zero-order valence-corrected chi connectivity index (χ0v) is 10.7. The Morgan fingerprint density at radius 2 is 1.95 bits per heavy atom. The van der Waals surface area contributed by atoms with Crippen molar-refractivity contribution in [2.75, 3.05) is 10.6 Å². The van der Waals surface area contributed by atoms with E-state index < -0.39 is 23.4 Å². The molecule has 4 nitrogen and oxygen atoms in total. The SMILES string of the molecule is C=CC(=O)Nc1c(F)cc(F)cc1Nc1ccc(F)cn1. The monoisotopic (exact) mass is 293 g/mol. The van der Waals surface area contributed by atoms with Gasteiger partial charge in [0.25, 0.3) is 0 Å². The first-order valence-corrected chi connectivity index (χ1v) is 5.80. The van der Waals surface area contributed by atoms with Crippen LogP contribution in [0, 0.1) is 17.5 Å². The van der Waals surface area contributed by atoms with Crippen molar-refractivity contribution < 1.29 is 18.0 Å². The average molecular weight is 293 g/mol. The third-order valence-corrected chi connectivity index (χ3v) is 2.48. The maximum Gasteiger partial charge on any atom is 0.247 e. The normalized spacial score (nSPS) is 10.0. The van der Waals surface area contributed by atoms with Crippen LogP contribution in [0.3, 0.4) is 0 Å². The number of nitrogens with one attached hydrogen (secondary N) is 2. The van der Waals surface area contributed by atoms with Gasteiger partial charge in [-0.2, -0.15) is 0 Å². The van der Waals surface area contributed by atoms with E-state index in [9.17, 15) is 18.0 Å². The minimum absolute atomic E-state index is 0.0539. The number of aromatic nitrogens is 1. The second kappa shape index (κ2) is 6.08. The third-order valence-electron chi connectivity index (χ3n) is 2.48.